The molecule has 1 fully saturated rings. The zero-order valence-corrected chi connectivity index (χ0v) is 20.9. The predicted octanol–water partition coefficient (Wildman–Crippen LogP) is 0.285. The number of amides is 4. The van der Waals surface area contributed by atoms with Gasteiger partial charge in [-0.3, -0.25) is 19.2 Å². The molecule has 1 aromatic rings. The molecule has 1 aromatic carbocycles. The molecule has 0 unspecified atom stereocenters. The third-order valence-corrected chi connectivity index (χ3v) is 5.37. The van der Waals surface area contributed by atoms with E-state index in [0.717, 1.165) is 0 Å². The Kier molecular flexibility index (Phi) is 13.9. The van der Waals surface area contributed by atoms with Gasteiger partial charge in [0.05, 0.1) is 19.8 Å². The number of carbonyl (C=O) groups excluding carboxylic acids is 4. The lowest BCUT2D eigenvalue weighted by molar-refractivity contribution is -0.133. The van der Waals surface area contributed by atoms with Crippen LogP contribution in [0, 0.1) is 0 Å². The Bertz CT molecular complexity index is 822. The van der Waals surface area contributed by atoms with Gasteiger partial charge in [0.25, 0.3) is 5.91 Å². The number of hydrogen-bond donors (Lipinski definition) is 4. The van der Waals surface area contributed by atoms with Crippen LogP contribution in [0.3, 0.4) is 0 Å². The molecular formula is C25H38N4O7. The van der Waals surface area contributed by atoms with Crippen LogP contribution >= 0.6 is 0 Å². The van der Waals surface area contributed by atoms with Gasteiger partial charge in [-0.2, -0.15) is 0 Å². The second-order valence-corrected chi connectivity index (χ2v) is 8.37. The summed E-state index contributed by atoms with van der Waals surface area (Å²) >= 11 is 0. The average molecular weight is 507 g/mol. The van der Waals surface area contributed by atoms with Crippen LogP contribution < -0.4 is 26.0 Å². The lowest BCUT2D eigenvalue weighted by Gasteiger charge is -2.23. The van der Waals surface area contributed by atoms with Crippen LogP contribution in [0.25, 0.3) is 0 Å². The molecule has 200 valence electrons. The van der Waals surface area contributed by atoms with Crippen molar-refractivity contribution in [2.45, 2.75) is 51.1 Å². The van der Waals surface area contributed by atoms with Crippen molar-refractivity contribution in [1.29, 1.82) is 0 Å². The first-order chi connectivity index (χ1) is 17.5. The fourth-order valence-electron chi connectivity index (χ4n) is 3.51. The molecule has 11 heteroatoms. The van der Waals surface area contributed by atoms with Gasteiger partial charge in [0.2, 0.25) is 17.7 Å². The fourth-order valence-corrected chi connectivity index (χ4v) is 3.51. The van der Waals surface area contributed by atoms with Crippen LogP contribution in [0.5, 0.6) is 5.75 Å². The molecule has 0 radical (unpaired) electrons. The lowest BCUT2D eigenvalue weighted by atomic mass is 10.1. The summed E-state index contributed by atoms with van der Waals surface area (Å²) in [6.07, 6.45) is 2.69. The molecule has 1 aliphatic heterocycles. The maximum absolute atomic E-state index is 13.0. The summed E-state index contributed by atoms with van der Waals surface area (Å²) in [5.41, 5.74) is 0. The second kappa shape index (κ2) is 17.3. The van der Waals surface area contributed by atoms with Crippen molar-refractivity contribution in [2.75, 3.05) is 46.1 Å². The molecule has 1 saturated heterocycles. The summed E-state index contributed by atoms with van der Waals surface area (Å²) in [5, 5.41) is 11.0. The Morgan fingerprint density at radius 2 is 1.72 bits per heavy atom. The van der Waals surface area contributed by atoms with Crippen molar-refractivity contribution in [3.63, 3.8) is 0 Å². The first-order valence-corrected chi connectivity index (χ1v) is 12.5. The van der Waals surface area contributed by atoms with Gasteiger partial charge in [0.15, 0.2) is 6.61 Å². The van der Waals surface area contributed by atoms with Crippen molar-refractivity contribution in [2.24, 2.45) is 0 Å². The van der Waals surface area contributed by atoms with Crippen molar-refractivity contribution in [3.05, 3.63) is 30.3 Å². The van der Waals surface area contributed by atoms with E-state index in [2.05, 4.69) is 21.3 Å². The molecule has 4 N–H and O–H groups in total. The highest BCUT2D eigenvalue weighted by molar-refractivity contribution is 5.92. The minimum atomic E-state index is -0.827. The van der Waals surface area contributed by atoms with Crippen molar-refractivity contribution in [1.82, 2.24) is 21.3 Å². The molecule has 0 spiro atoms. The van der Waals surface area contributed by atoms with Crippen LogP contribution in [0.15, 0.2) is 30.3 Å². The van der Waals surface area contributed by atoms with E-state index in [4.69, 9.17) is 14.2 Å². The monoisotopic (exact) mass is 506 g/mol. The van der Waals surface area contributed by atoms with Crippen LogP contribution in [-0.4, -0.2) is 81.8 Å². The summed E-state index contributed by atoms with van der Waals surface area (Å²) in [7, 11) is 0. The molecule has 0 aliphatic carbocycles. The van der Waals surface area contributed by atoms with Gasteiger partial charge in [-0.25, -0.2) is 0 Å². The first kappa shape index (κ1) is 29.1. The van der Waals surface area contributed by atoms with Crippen LogP contribution in [0.2, 0.25) is 0 Å². The molecule has 0 aromatic heterocycles. The number of unbranched alkanes of at least 4 members (excludes halogenated alkanes) is 1. The molecule has 36 heavy (non-hydrogen) atoms. The van der Waals surface area contributed by atoms with E-state index in [9.17, 15) is 19.2 Å². The SMILES string of the molecule is CCC[C@H]1NC(=O)[C@H](CCCCNC(=O)COc2ccccc2)NC(=O)COCCOCCNC1=O. The predicted molar refractivity (Wildman–Crippen MR) is 132 cm³/mol. The van der Waals surface area contributed by atoms with Crippen LogP contribution in [0.4, 0.5) is 0 Å². The summed E-state index contributed by atoms with van der Waals surface area (Å²) in [5.74, 6) is -0.763. The molecule has 4 amide bonds. The standard InChI is InChI=1S/C25H38N4O7/c1-2-8-20-24(32)27-13-14-34-15-16-35-17-23(31)28-21(25(33)29-20)11-6-7-12-26-22(30)18-36-19-9-4-3-5-10-19/h3-5,9-10,20-21H,2,6-8,11-18H2,1H3,(H,26,30)(H,27,32)(H,28,31)(H,29,33)/t20-,21+/m1/s1. The van der Waals surface area contributed by atoms with Gasteiger partial charge in [0.1, 0.15) is 24.4 Å². The van der Waals surface area contributed by atoms with E-state index in [1.165, 1.54) is 0 Å². The first-order valence-electron chi connectivity index (χ1n) is 12.5. The molecule has 1 heterocycles. The normalized spacial score (nSPS) is 20.2. The van der Waals surface area contributed by atoms with Crippen LogP contribution in [0.1, 0.15) is 39.0 Å². The number of rotatable bonds is 10. The largest absolute Gasteiger partial charge is 0.484 e. The number of para-hydroxylation sites is 1. The zero-order chi connectivity index (χ0) is 26.0. The Morgan fingerprint density at radius 3 is 2.50 bits per heavy atom. The number of hydrogen-bond acceptors (Lipinski definition) is 7. The molecule has 2 rings (SSSR count). The Labute approximate surface area is 212 Å². The third-order valence-electron chi connectivity index (χ3n) is 5.37. The van der Waals surface area contributed by atoms with E-state index < -0.39 is 23.9 Å². The van der Waals surface area contributed by atoms with Gasteiger partial charge >= 0.3 is 0 Å². The summed E-state index contributed by atoms with van der Waals surface area (Å²) in [4.78, 5) is 49.8. The topological polar surface area (TPSA) is 144 Å². The molecule has 2 atom stereocenters. The number of ether oxygens (including phenoxy) is 3. The van der Waals surface area contributed by atoms with E-state index >= 15 is 0 Å². The van der Waals surface area contributed by atoms with Crippen molar-refractivity contribution >= 4 is 23.6 Å². The van der Waals surface area contributed by atoms with Crippen molar-refractivity contribution in [3.8, 4) is 5.75 Å². The molecule has 0 saturated carbocycles. The van der Waals surface area contributed by atoms with E-state index in [1.54, 1.807) is 12.1 Å². The lowest BCUT2D eigenvalue weighted by Crippen LogP contribution is -2.54. The van der Waals surface area contributed by atoms with Gasteiger partial charge in [0, 0.05) is 13.1 Å². The average Bonchev–Trinajstić information content (AvgIpc) is 2.88. The Hall–Kier alpha value is -3.18. The van der Waals surface area contributed by atoms with Gasteiger partial charge in [-0.15, -0.1) is 0 Å². The maximum atomic E-state index is 13.0. The molecular weight excluding hydrogens is 468 g/mol. The van der Waals surface area contributed by atoms with Gasteiger partial charge < -0.3 is 35.5 Å². The Balaban J connectivity index is 1.84. The summed E-state index contributed by atoms with van der Waals surface area (Å²) in [6.45, 7) is 3.20. The highest BCUT2D eigenvalue weighted by atomic mass is 16.5. The van der Waals surface area contributed by atoms with E-state index in [1.807, 2.05) is 25.1 Å². The van der Waals surface area contributed by atoms with E-state index in [0.29, 0.717) is 64.2 Å². The minimum absolute atomic E-state index is 0.0863. The number of benzene rings is 1. The third kappa shape index (κ3) is 12.0. The fraction of sp³-hybridized carbons (Fsp3) is 0.600. The van der Waals surface area contributed by atoms with Crippen molar-refractivity contribution < 1.29 is 33.4 Å². The minimum Gasteiger partial charge on any atom is -0.484 e. The highest BCUT2D eigenvalue weighted by Gasteiger charge is 2.26. The molecule has 11 nitrogen and oxygen atoms in total. The van der Waals surface area contributed by atoms with Gasteiger partial charge in [-0.05, 0) is 37.8 Å². The smallest absolute Gasteiger partial charge is 0.257 e. The number of carbonyl (C=O) groups is 4. The van der Waals surface area contributed by atoms with Crippen LogP contribution in [-0.2, 0) is 28.7 Å². The quantitative estimate of drug-likeness (QED) is 0.334. The zero-order valence-electron chi connectivity index (χ0n) is 20.9. The summed E-state index contributed by atoms with van der Waals surface area (Å²) in [6, 6.07) is 7.53. The number of nitrogens with one attached hydrogen (secondary N) is 4. The molecule has 1 aliphatic rings. The maximum Gasteiger partial charge on any atom is 0.257 e. The summed E-state index contributed by atoms with van der Waals surface area (Å²) < 4.78 is 16.1. The molecule has 0 bridgehead atoms. The Morgan fingerprint density at radius 1 is 0.972 bits per heavy atom. The second-order valence-electron chi connectivity index (χ2n) is 8.37. The highest BCUT2D eigenvalue weighted by Crippen LogP contribution is 2.08. The van der Waals surface area contributed by atoms with E-state index in [-0.39, 0.29) is 31.6 Å². The van der Waals surface area contributed by atoms with Gasteiger partial charge in [-0.1, -0.05) is 31.5 Å².